The fourth-order valence-electron chi connectivity index (χ4n) is 3.41. The van der Waals surface area contributed by atoms with E-state index in [2.05, 4.69) is 11.9 Å². The summed E-state index contributed by atoms with van der Waals surface area (Å²) < 4.78 is 11.5. The van der Waals surface area contributed by atoms with Crippen molar-refractivity contribution in [3.05, 3.63) is 27.1 Å². The smallest absolute Gasteiger partial charge is 0.348 e. The van der Waals surface area contributed by atoms with Crippen LogP contribution in [0.25, 0.3) is 10.2 Å². The van der Waals surface area contributed by atoms with Crippen LogP contribution >= 0.6 is 11.3 Å². The third kappa shape index (κ3) is 3.65. The third-order valence-corrected chi connectivity index (χ3v) is 5.95. The number of rotatable bonds is 4. The van der Waals surface area contributed by atoms with Crippen molar-refractivity contribution in [2.75, 3.05) is 7.11 Å². The van der Waals surface area contributed by atoms with Crippen molar-refractivity contribution in [2.24, 2.45) is 5.92 Å². The molecule has 1 aliphatic carbocycles. The summed E-state index contributed by atoms with van der Waals surface area (Å²) in [7, 11) is 1.29. The van der Waals surface area contributed by atoms with Gasteiger partial charge in [-0.1, -0.05) is 13.3 Å². The van der Waals surface area contributed by atoms with Crippen LogP contribution in [0.2, 0.25) is 0 Å². The van der Waals surface area contributed by atoms with Crippen molar-refractivity contribution in [3.63, 3.8) is 0 Å². The Morgan fingerprint density at radius 2 is 2.15 bits per heavy atom. The highest BCUT2D eigenvalue weighted by Gasteiger charge is 2.24. The molecule has 26 heavy (non-hydrogen) atoms. The van der Waals surface area contributed by atoms with Crippen LogP contribution in [-0.4, -0.2) is 34.7 Å². The van der Waals surface area contributed by atoms with Crippen molar-refractivity contribution in [1.29, 1.82) is 0 Å². The number of ether oxygens (including phenoxy) is 2. The molecule has 0 aromatic carbocycles. The number of carbonyl (C=O) groups excluding carboxylic acids is 2. The molecule has 0 saturated heterocycles. The first-order valence-electron chi connectivity index (χ1n) is 8.67. The van der Waals surface area contributed by atoms with Gasteiger partial charge in [-0.3, -0.25) is 14.2 Å². The maximum atomic E-state index is 12.7. The molecule has 0 radical (unpaired) electrons. The Balaban J connectivity index is 1.81. The second-order valence-corrected chi connectivity index (χ2v) is 7.79. The van der Waals surface area contributed by atoms with E-state index in [0.29, 0.717) is 26.6 Å². The Kier molecular flexibility index (Phi) is 5.41. The van der Waals surface area contributed by atoms with Crippen LogP contribution < -0.4 is 5.56 Å². The number of fused-ring (bicyclic) bond motifs is 1. The van der Waals surface area contributed by atoms with Gasteiger partial charge in [0.25, 0.3) is 5.56 Å². The zero-order valence-electron chi connectivity index (χ0n) is 15.1. The van der Waals surface area contributed by atoms with E-state index in [1.165, 1.54) is 18.0 Å². The lowest BCUT2D eigenvalue weighted by atomic mass is 9.89. The van der Waals surface area contributed by atoms with Gasteiger partial charge in [0.15, 0.2) is 0 Å². The molecule has 2 unspecified atom stereocenters. The van der Waals surface area contributed by atoms with Crippen LogP contribution in [0, 0.1) is 12.8 Å². The van der Waals surface area contributed by atoms with Crippen LogP contribution in [0.4, 0.5) is 0 Å². The van der Waals surface area contributed by atoms with E-state index in [1.54, 1.807) is 6.92 Å². The first kappa shape index (κ1) is 18.6. The Hall–Kier alpha value is -2.22. The second-order valence-electron chi connectivity index (χ2n) is 6.79. The molecule has 2 atom stereocenters. The molecule has 0 aliphatic heterocycles. The molecule has 8 heteroatoms. The fraction of sp³-hybridized carbons (Fsp3) is 0.556. The highest BCUT2D eigenvalue weighted by atomic mass is 32.1. The Morgan fingerprint density at radius 3 is 2.85 bits per heavy atom. The van der Waals surface area contributed by atoms with E-state index < -0.39 is 11.9 Å². The van der Waals surface area contributed by atoms with Gasteiger partial charge in [0.05, 0.1) is 18.8 Å². The minimum absolute atomic E-state index is 0.0764. The third-order valence-electron chi connectivity index (χ3n) is 4.77. The van der Waals surface area contributed by atoms with Gasteiger partial charge in [0.2, 0.25) is 0 Å². The van der Waals surface area contributed by atoms with Crippen molar-refractivity contribution in [3.8, 4) is 0 Å². The maximum absolute atomic E-state index is 12.7. The number of methoxy groups -OCH3 is 1. The summed E-state index contributed by atoms with van der Waals surface area (Å²) >= 11 is 1.11. The van der Waals surface area contributed by atoms with Gasteiger partial charge in [-0.15, -0.1) is 11.3 Å². The average Bonchev–Trinajstić information content (AvgIpc) is 2.94. The van der Waals surface area contributed by atoms with Crippen molar-refractivity contribution in [1.82, 2.24) is 9.55 Å². The Bertz CT molecular complexity index is 901. The van der Waals surface area contributed by atoms with Gasteiger partial charge in [-0.05, 0) is 37.7 Å². The van der Waals surface area contributed by atoms with E-state index in [9.17, 15) is 14.4 Å². The summed E-state index contributed by atoms with van der Waals surface area (Å²) in [5.41, 5.74) is 0.172. The molecule has 2 heterocycles. The van der Waals surface area contributed by atoms with Gasteiger partial charge >= 0.3 is 11.9 Å². The summed E-state index contributed by atoms with van der Waals surface area (Å²) in [5.74, 6) is -0.386. The number of esters is 2. The number of aryl methyl sites for hydroxylation is 1. The molecule has 140 valence electrons. The van der Waals surface area contributed by atoms with Crippen LogP contribution in [0.3, 0.4) is 0 Å². The highest BCUT2D eigenvalue weighted by Crippen LogP contribution is 2.28. The number of hydrogen-bond donors (Lipinski definition) is 0. The minimum atomic E-state index is -0.498. The predicted molar refractivity (Wildman–Crippen MR) is 97.5 cm³/mol. The lowest BCUT2D eigenvalue weighted by Gasteiger charge is -2.26. The molecular weight excluding hydrogens is 356 g/mol. The van der Waals surface area contributed by atoms with Crippen LogP contribution in [0.15, 0.2) is 11.1 Å². The predicted octanol–water partition coefficient (Wildman–Crippen LogP) is 2.67. The van der Waals surface area contributed by atoms with Crippen molar-refractivity contribution < 1.29 is 19.1 Å². The Morgan fingerprint density at radius 1 is 1.38 bits per heavy atom. The normalized spacial score (nSPS) is 20.1. The first-order valence-corrected chi connectivity index (χ1v) is 9.48. The SMILES string of the molecule is COC(=O)c1sc2ncn(CC(=O)OC3CCCC(C)C3)c(=O)c2c1C. The van der Waals surface area contributed by atoms with Gasteiger partial charge in [-0.25, -0.2) is 9.78 Å². The van der Waals surface area contributed by atoms with Gasteiger partial charge < -0.3 is 9.47 Å². The van der Waals surface area contributed by atoms with Crippen molar-refractivity contribution >= 4 is 33.5 Å². The van der Waals surface area contributed by atoms with Crippen molar-refractivity contribution in [2.45, 2.75) is 52.2 Å². The molecule has 2 aromatic heterocycles. The number of thiophene rings is 1. The molecule has 0 amide bonds. The van der Waals surface area contributed by atoms with Crippen LogP contribution in [0.1, 0.15) is 47.8 Å². The molecule has 7 nitrogen and oxygen atoms in total. The summed E-state index contributed by atoms with van der Waals surface area (Å²) in [6.45, 7) is 3.65. The lowest BCUT2D eigenvalue weighted by Crippen LogP contribution is -2.30. The standard InChI is InChI=1S/C18H22N2O5S/c1-10-5-4-6-12(7-10)25-13(21)8-20-9-19-16-14(17(20)22)11(2)15(26-16)18(23)24-3/h9-10,12H,4-8H2,1-3H3. The summed E-state index contributed by atoms with van der Waals surface area (Å²) in [4.78, 5) is 41.8. The first-order chi connectivity index (χ1) is 12.4. The van der Waals surface area contributed by atoms with Gasteiger partial charge in [-0.2, -0.15) is 0 Å². The molecule has 1 aliphatic rings. The Labute approximate surface area is 154 Å². The molecule has 0 N–H and O–H groups in total. The highest BCUT2D eigenvalue weighted by molar-refractivity contribution is 7.20. The summed E-state index contributed by atoms with van der Waals surface area (Å²) in [5, 5.41) is 0.344. The van der Waals surface area contributed by atoms with E-state index >= 15 is 0 Å². The number of hydrogen-bond acceptors (Lipinski definition) is 7. The fourth-order valence-corrected chi connectivity index (χ4v) is 4.46. The number of aromatic nitrogens is 2. The summed E-state index contributed by atoms with van der Waals surface area (Å²) in [6.07, 6.45) is 5.20. The monoisotopic (exact) mass is 378 g/mol. The molecule has 1 fully saturated rings. The molecule has 3 rings (SSSR count). The maximum Gasteiger partial charge on any atom is 0.348 e. The molecule has 1 saturated carbocycles. The number of carbonyl (C=O) groups is 2. The molecule has 2 aromatic rings. The van der Waals surface area contributed by atoms with Gasteiger partial charge in [0, 0.05) is 0 Å². The molecule has 0 bridgehead atoms. The molecule has 0 spiro atoms. The van der Waals surface area contributed by atoms with E-state index in [0.717, 1.165) is 37.0 Å². The van der Waals surface area contributed by atoms with E-state index in [4.69, 9.17) is 9.47 Å². The average molecular weight is 378 g/mol. The van der Waals surface area contributed by atoms with Crippen LogP contribution in [-0.2, 0) is 20.8 Å². The van der Waals surface area contributed by atoms with E-state index in [-0.39, 0.29) is 18.2 Å². The topological polar surface area (TPSA) is 87.5 Å². The number of nitrogens with zero attached hydrogens (tertiary/aromatic N) is 2. The zero-order chi connectivity index (χ0) is 18.8. The van der Waals surface area contributed by atoms with Gasteiger partial charge in [0.1, 0.15) is 22.4 Å². The van der Waals surface area contributed by atoms with Crippen LogP contribution in [0.5, 0.6) is 0 Å². The second kappa shape index (κ2) is 7.57. The van der Waals surface area contributed by atoms with E-state index in [1.807, 2.05) is 0 Å². The minimum Gasteiger partial charge on any atom is -0.465 e. The zero-order valence-corrected chi connectivity index (χ0v) is 15.9. The largest absolute Gasteiger partial charge is 0.465 e. The summed E-state index contributed by atoms with van der Waals surface area (Å²) in [6, 6.07) is 0. The lowest BCUT2D eigenvalue weighted by molar-refractivity contribution is -0.152. The quantitative estimate of drug-likeness (QED) is 0.760. The molecular formula is C18H22N2O5S.